The molecule has 0 radical (unpaired) electrons. The van der Waals surface area contributed by atoms with Crippen LogP contribution in [0.3, 0.4) is 0 Å². The monoisotopic (exact) mass is 292 g/mol. The molecule has 0 aliphatic rings. The second-order valence-electron chi connectivity index (χ2n) is 4.42. The maximum absolute atomic E-state index is 12.9. The Kier molecular flexibility index (Phi) is 3.76. The van der Waals surface area contributed by atoms with Crippen LogP contribution in [-0.4, -0.2) is 12.2 Å². The molecule has 2 aromatic carbocycles. The fourth-order valence-electron chi connectivity index (χ4n) is 1.92. The quantitative estimate of drug-likeness (QED) is 0.908. The van der Waals surface area contributed by atoms with Gasteiger partial charge in [-0.1, -0.05) is 6.07 Å². The highest BCUT2D eigenvalue weighted by atomic mass is 19.4. The van der Waals surface area contributed by atoms with Crippen molar-refractivity contribution in [3.8, 4) is 11.8 Å². The van der Waals surface area contributed by atoms with Gasteiger partial charge in [-0.25, -0.2) is 0 Å². The first-order valence-corrected chi connectivity index (χ1v) is 5.97. The highest BCUT2D eigenvalue weighted by Gasteiger charge is 2.34. The van der Waals surface area contributed by atoms with Gasteiger partial charge in [0.15, 0.2) is 0 Å². The van der Waals surface area contributed by atoms with Gasteiger partial charge in [-0.2, -0.15) is 18.4 Å². The Hall–Kier alpha value is -2.68. The molecule has 0 heterocycles. The molecule has 0 bridgehead atoms. The predicted molar refractivity (Wildman–Crippen MR) is 72.3 cm³/mol. The number of alkyl halides is 3. The normalized spacial score (nSPS) is 11.0. The summed E-state index contributed by atoms with van der Waals surface area (Å²) in [6.45, 7) is 0. The Bertz CT molecular complexity index is 705. The topological polar surface area (TPSA) is 47.3 Å². The number of nitriles is 1. The van der Waals surface area contributed by atoms with Crippen LogP contribution in [0.5, 0.6) is 5.75 Å². The zero-order chi connectivity index (χ0) is 15.6. The SMILES string of the molecule is CN(c1cccc(O)c1)c1ccc(C#N)c(C(F)(F)F)c1. The van der Waals surface area contributed by atoms with Gasteiger partial charge < -0.3 is 10.0 Å². The number of anilines is 2. The van der Waals surface area contributed by atoms with Gasteiger partial charge in [0.1, 0.15) is 5.75 Å². The first kappa shape index (κ1) is 14.7. The van der Waals surface area contributed by atoms with Crippen molar-refractivity contribution in [2.24, 2.45) is 0 Å². The van der Waals surface area contributed by atoms with Crippen LogP contribution in [0.2, 0.25) is 0 Å². The van der Waals surface area contributed by atoms with Crippen molar-refractivity contribution in [1.29, 1.82) is 5.26 Å². The summed E-state index contributed by atoms with van der Waals surface area (Å²) in [6.07, 6.45) is -4.60. The Morgan fingerprint density at radius 2 is 1.76 bits per heavy atom. The standard InChI is InChI=1S/C15H11F3N2O/c1-20(11-3-2-4-13(21)7-11)12-6-5-10(9-19)14(8-12)15(16,17)18/h2-8,21H,1H3. The molecule has 0 aliphatic heterocycles. The summed E-state index contributed by atoms with van der Waals surface area (Å²) in [4.78, 5) is 1.50. The molecule has 0 amide bonds. The maximum atomic E-state index is 12.9. The third-order valence-electron chi connectivity index (χ3n) is 3.03. The molecule has 1 N–H and O–H groups in total. The average Bonchev–Trinajstić information content (AvgIpc) is 2.45. The molecule has 6 heteroatoms. The Morgan fingerprint density at radius 1 is 1.10 bits per heavy atom. The lowest BCUT2D eigenvalue weighted by molar-refractivity contribution is -0.137. The van der Waals surface area contributed by atoms with Crippen molar-refractivity contribution in [3.05, 3.63) is 53.6 Å². The number of rotatable bonds is 2. The first-order chi connectivity index (χ1) is 9.82. The molecule has 0 saturated carbocycles. The summed E-state index contributed by atoms with van der Waals surface area (Å²) in [7, 11) is 1.58. The van der Waals surface area contributed by atoms with Crippen molar-refractivity contribution in [1.82, 2.24) is 0 Å². The number of halogens is 3. The summed E-state index contributed by atoms with van der Waals surface area (Å²) in [6, 6.07) is 11.2. The molecule has 2 aromatic rings. The summed E-state index contributed by atoms with van der Waals surface area (Å²) in [5, 5.41) is 18.2. The number of hydrogen-bond donors (Lipinski definition) is 1. The van der Waals surface area contributed by atoms with Gasteiger partial charge in [0.05, 0.1) is 17.2 Å². The number of aromatic hydroxyl groups is 1. The minimum Gasteiger partial charge on any atom is -0.508 e. The molecule has 0 aliphatic carbocycles. The van der Waals surface area contributed by atoms with Crippen molar-refractivity contribution >= 4 is 11.4 Å². The number of phenols is 1. The fourth-order valence-corrected chi connectivity index (χ4v) is 1.92. The molecule has 0 unspecified atom stereocenters. The van der Waals surface area contributed by atoms with E-state index >= 15 is 0 Å². The van der Waals surface area contributed by atoms with Crippen LogP contribution in [0.15, 0.2) is 42.5 Å². The molecular weight excluding hydrogens is 281 g/mol. The predicted octanol–water partition coefficient (Wildman–Crippen LogP) is 4.05. The van der Waals surface area contributed by atoms with Crippen molar-refractivity contribution in [3.63, 3.8) is 0 Å². The molecule has 0 fully saturated rings. The van der Waals surface area contributed by atoms with E-state index in [0.29, 0.717) is 5.69 Å². The van der Waals surface area contributed by atoms with Gasteiger partial charge in [0, 0.05) is 24.5 Å². The van der Waals surface area contributed by atoms with E-state index in [0.717, 1.165) is 12.1 Å². The lowest BCUT2D eigenvalue weighted by Crippen LogP contribution is -2.13. The van der Waals surface area contributed by atoms with Crippen LogP contribution < -0.4 is 4.90 Å². The summed E-state index contributed by atoms with van der Waals surface area (Å²) in [5.41, 5.74) is -0.593. The lowest BCUT2D eigenvalue weighted by atomic mass is 10.1. The van der Waals surface area contributed by atoms with Gasteiger partial charge >= 0.3 is 6.18 Å². The molecule has 2 rings (SSSR count). The summed E-state index contributed by atoms with van der Waals surface area (Å²) >= 11 is 0. The highest BCUT2D eigenvalue weighted by molar-refractivity contribution is 5.65. The van der Waals surface area contributed by atoms with E-state index in [2.05, 4.69) is 0 Å². The minimum absolute atomic E-state index is 0.0176. The Labute approximate surface area is 119 Å². The Balaban J connectivity index is 2.48. The Morgan fingerprint density at radius 3 is 2.33 bits per heavy atom. The van der Waals surface area contributed by atoms with E-state index < -0.39 is 17.3 Å². The molecule has 108 valence electrons. The van der Waals surface area contributed by atoms with Crippen molar-refractivity contribution in [2.75, 3.05) is 11.9 Å². The molecule has 21 heavy (non-hydrogen) atoms. The largest absolute Gasteiger partial charge is 0.508 e. The third kappa shape index (κ3) is 3.08. The second-order valence-corrected chi connectivity index (χ2v) is 4.42. The highest BCUT2D eigenvalue weighted by Crippen LogP contribution is 2.36. The van der Waals surface area contributed by atoms with E-state index in [1.165, 1.54) is 29.2 Å². The maximum Gasteiger partial charge on any atom is 0.417 e. The van der Waals surface area contributed by atoms with E-state index in [9.17, 15) is 18.3 Å². The van der Waals surface area contributed by atoms with Gasteiger partial charge in [-0.3, -0.25) is 0 Å². The summed E-state index contributed by atoms with van der Waals surface area (Å²) < 4.78 is 38.8. The van der Waals surface area contributed by atoms with Crippen molar-refractivity contribution < 1.29 is 18.3 Å². The van der Waals surface area contributed by atoms with Gasteiger partial charge in [-0.15, -0.1) is 0 Å². The van der Waals surface area contributed by atoms with Crippen LogP contribution in [0.1, 0.15) is 11.1 Å². The smallest absolute Gasteiger partial charge is 0.417 e. The average molecular weight is 292 g/mol. The second kappa shape index (κ2) is 5.37. The van der Waals surface area contributed by atoms with Crippen molar-refractivity contribution in [2.45, 2.75) is 6.18 Å². The van der Waals surface area contributed by atoms with E-state index in [4.69, 9.17) is 5.26 Å². The number of nitrogens with zero attached hydrogens (tertiary/aromatic N) is 2. The zero-order valence-electron chi connectivity index (χ0n) is 11.0. The van der Waals surface area contributed by atoms with E-state index in [1.807, 2.05) is 0 Å². The molecule has 0 aromatic heterocycles. The number of hydrogen-bond acceptors (Lipinski definition) is 3. The minimum atomic E-state index is -4.60. The molecule has 0 atom stereocenters. The molecular formula is C15H11F3N2O. The lowest BCUT2D eigenvalue weighted by Gasteiger charge is -2.21. The zero-order valence-corrected chi connectivity index (χ0v) is 11.0. The van der Waals surface area contributed by atoms with E-state index in [-0.39, 0.29) is 11.4 Å². The van der Waals surface area contributed by atoms with Gasteiger partial charge in [0.25, 0.3) is 0 Å². The van der Waals surface area contributed by atoms with Crippen LogP contribution in [0, 0.1) is 11.3 Å². The third-order valence-corrected chi connectivity index (χ3v) is 3.03. The van der Waals surface area contributed by atoms with Gasteiger partial charge in [-0.05, 0) is 30.3 Å². The van der Waals surface area contributed by atoms with Crippen LogP contribution in [-0.2, 0) is 6.18 Å². The molecule has 3 nitrogen and oxygen atoms in total. The molecule has 0 spiro atoms. The van der Waals surface area contributed by atoms with Crippen LogP contribution >= 0.6 is 0 Å². The molecule has 0 saturated heterocycles. The number of benzene rings is 2. The van der Waals surface area contributed by atoms with Crippen LogP contribution in [0.4, 0.5) is 24.5 Å². The fraction of sp³-hybridized carbons (Fsp3) is 0.133. The first-order valence-electron chi connectivity index (χ1n) is 5.97. The van der Waals surface area contributed by atoms with Crippen LogP contribution in [0.25, 0.3) is 0 Å². The van der Waals surface area contributed by atoms with E-state index in [1.54, 1.807) is 19.2 Å². The summed E-state index contributed by atoms with van der Waals surface area (Å²) in [5.74, 6) is 0.0176. The number of phenolic OH excluding ortho intramolecular Hbond substituents is 1. The van der Waals surface area contributed by atoms with Gasteiger partial charge in [0.2, 0.25) is 0 Å².